The zero-order chi connectivity index (χ0) is 11.5. The van der Waals surface area contributed by atoms with E-state index in [0.29, 0.717) is 0 Å². The molecule has 82 valence electrons. The maximum Gasteiger partial charge on any atom is 0.143 e. The van der Waals surface area contributed by atoms with Crippen LogP contribution in [-0.4, -0.2) is 11.4 Å². The summed E-state index contributed by atoms with van der Waals surface area (Å²) in [5.74, 6) is 6.21. The molecule has 0 radical (unpaired) electrons. The number of nitrogens with zero attached hydrogens (tertiary/aromatic N) is 1. The zero-order valence-corrected chi connectivity index (χ0v) is 9.83. The monoisotopic (exact) mass is 205 g/mol. The van der Waals surface area contributed by atoms with Crippen molar-refractivity contribution >= 4 is 5.84 Å². The molecule has 0 heterocycles. The van der Waals surface area contributed by atoms with E-state index >= 15 is 0 Å². The fraction of sp³-hybridized carbons (Fsp3) is 0.417. The summed E-state index contributed by atoms with van der Waals surface area (Å²) in [6.07, 6.45) is 0. The van der Waals surface area contributed by atoms with E-state index in [9.17, 15) is 0 Å². The van der Waals surface area contributed by atoms with Crippen molar-refractivity contribution in [1.29, 1.82) is 0 Å². The summed E-state index contributed by atoms with van der Waals surface area (Å²) in [6, 6.07) is 8.11. The highest BCUT2D eigenvalue weighted by Crippen LogP contribution is 2.10. The van der Waals surface area contributed by atoms with E-state index in [-0.39, 0.29) is 5.54 Å². The van der Waals surface area contributed by atoms with E-state index in [4.69, 9.17) is 5.84 Å². The molecule has 0 spiro atoms. The van der Waals surface area contributed by atoms with E-state index in [2.05, 4.69) is 29.5 Å². The molecule has 0 aromatic heterocycles. The van der Waals surface area contributed by atoms with E-state index in [1.54, 1.807) is 0 Å². The predicted octanol–water partition coefficient (Wildman–Crippen LogP) is 2.00. The van der Waals surface area contributed by atoms with Crippen LogP contribution in [0.1, 0.15) is 31.9 Å². The van der Waals surface area contributed by atoms with E-state index in [0.717, 1.165) is 11.4 Å². The molecular formula is C12H19N3. The van der Waals surface area contributed by atoms with Crippen molar-refractivity contribution in [2.24, 2.45) is 10.8 Å². The van der Waals surface area contributed by atoms with E-state index in [1.807, 2.05) is 32.9 Å². The molecule has 3 N–H and O–H groups in total. The minimum Gasteiger partial charge on any atom is -0.308 e. The first-order valence-corrected chi connectivity index (χ1v) is 5.06. The van der Waals surface area contributed by atoms with Crippen LogP contribution in [-0.2, 0) is 0 Å². The molecule has 0 saturated carbocycles. The van der Waals surface area contributed by atoms with Crippen LogP contribution in [0.15, 0.2) is 29.3 Å². The SMILES string of the molecule is Cc1cccc(C(=NC(C)(C)C)NN)c1. The number of hydrazine groups is 1. The summed E-state index contributed by atoms with van der Waals surface area (Å²) >= 11 is 0. The van der Waals surface area contributed by atoms with Gasteiger partial charge in [-0.1, -0.05) is 23.8 Å². The fourth-order valence-electron chi connectivity index (χ4n) is 1.31. The molecule has 0 saturated heterocycles. The highest BCUT2D eigenvalue weighted by atomic mass is 15.3. The molecule has 0 unspecified atom stereocenters. The molecule has 1 rings (SSSR count). The molecule has 0 fully saturated rings. The Morgan fingerprint density at radius 2 is 2.00 bits per heavy atom. The number of aryl methyl sites for hydroxylation is 1. The van der Waals surface area contributed by atoms with Gasteiger partial charge in [0.15, 0.2) is 0 Å². The lowest BCUT2D eigenvalue weighted by molar-refractivity contribution is 0.580. The Morgan fingerprint density at radius 1 is 1.33 bits per heavy atom. The van der Waals surface area contributed by atoms with Gasteiger partial charge in [-0.25, -0.2) is 5.84 Å². The summed E-state index contributed by atoms with van der Waals surface area (Å²) in [7, 11) is 0. The third-order valence-electron chi connectivity index (χ3n) is 1.88. The Morgan fingerprint density at radius 3 is 2.47 bits per heavy atom. The number of hydrogen-bond donors (Lipinski definition) is 2. The summed E-state index contributed by atoms with van der Waals surface area (Å²) < 4.78 is 0. The van der Waals surface area contributed by atoms with Crippen molar-refractivity contribution < 1.29 is 0 Å². The Kier molecular flexibility index (Phi) is 3.48. The minimum absolute atomic E-state index is 0.133. The van der Waals surface area contributed by atoms with Crippen molar-refractivity contribution in [2.45, 2.75) is 33.2 Å². The third-order valence-corrected chi connectivity index (χ3v) is 1.88. The van der Waals surface area contributed by atoms with Crippen molar-refractivity contribution in [1.82, 2.24) is 5.43 Å². The summed E-state index contributed by atoms with van der Waals surface area (Å²) in [6.45, 7) is 8.18. The molecule has 0 amide bonds. The van der Waals surface area contributed by atoms with Crippen LogP contribution in [0.5, 0.6) is 0 Å². The Hall–Kier alpha value is -1.35. The fourth-order valence-corrected chi connectivity index (χ4v) is 1.31. The largest absolute Gasteiger partial charge is 0.308 e. The number of nitrogens with two attached hydrogens (primary N) is 1. The summed E-state index contributed by atoms with van der Waals surface area (Å²) in [4.78, 5) is 4.52. The molecule has 0 aliphatic heterocycles. The Bertz CT molecular complexity index is 361. The van der Waals surface area contributed by atoms with Gasteiger partial charge < -0.3 is 5.43 Å². The molecule has 0 atom stereocenters. The van der Waals surface area contributed by atoms with Crippen LogP contribution in [0.3, 0.4) is 0 Å². The topological polar surface area (TPSA) is 50.4 Å². The van der Waals surface area contributed by atoms with Crippen LogP contribution in [0.2, 0.25) is 0 Å². The second-order valence-corrected chi connectivity index (χ2v) is 4.65. The average Bonchev–Trinajstić information content (AvgIpc) is 2.13. The summed E-state index contributed by atoms with van der Waals surface area (Å²) in [5.41, 5.74) is 4.74. The van der Waals surface area contributed by atoms with Gasteiger partial charge in [-0.3, -0.25) is 4.99 Å². The first-order chi connectivity index (χ1) is 6.92. The van der Waals surface area contributed by atoms with Crippen LogP contribution < -0.4 is 11.3 Å². The van der Waals surface area contributed by atoms with Crippen molar-refractivity contribution in [2.75, 3.05) is 0 Å². The molecule has 3 nitrogen and oxygen atoms in total. The van der Waals surface area contributed by atoms with Gasteiger partial charge in [-0.2, -0.15) is 0 Å². The van der Waals surface area contributed by atoms with Crippen LogP contribution >= 0.6 is 0 Å². The van der Waals surface area contributed by atoms with Gasteiger partial charge in [0.05, 0.1) is 5.54 Å². The normalized spacial score (nSPS) is 12.7. The molecular weight excluding hydrogens is 186 g/mol. The van der Waals surface area contributed by atoms with Gasteiger partial charge in [-0.05, 0) is 33.8 Å². The number of hydrogen-bond acceptors (Lipinski definition) is 2. The summed E-state index contributed by atoms with van der Waals surface area (Å²) in [5, 5.41) is 0. The van der Waals surface area contributed by atoms with Gasteiger partial charge in [-0.15, -0.1) is 0 Å². The highest BCUT2D eigenvalue weighted by Gasteiger charge is 2.10. The predicted molar refractivity (Wildman–Crippen MR) is 64.8 cm³/mol. The number of amidine groups is 1. The number of aliphatic imine (C=N–C) groups is 1. The maximum atomic E-state index is 5.48. The molecule has 15 heavy (non-hydrogen) atoms. The van der Waals surface area contributed by atoms with Gasteiger partial charge in [0.2, 0.25) is 0 Å². The number of nitrogens with one attached hydrogen (secondary N) is 1. The first kappa shape index (κ1) is 11.7. The minimum atomic E-state index is -0.133. The van der Waals surface area contributed by atoms with E-state index in [1.165, 1.54) is 5.56 Å². The molecule has 3 heteroatoms. The molecule has 0 aliphatic carbocycles. The average molecular weight is 205 g/mol. The zero-order valence-electron chi connectivity index (χ0n) is 9.83. The lowest BCUT2D eigenvalue weighted by Gasteiger charge is -2.16. The quantitative estimate of drug-likeness (QED) is 0.319. The maximum absolute atomic E-state index is 5.48. The third kappa shape index (κ3) is 3.72. The van der Waals surface area contributed by atoms with Gasteiger partial charge in [0.1, 0.15) is 5.84 Å². The second-order valence-electron chi connectivity index (χ2n) is 4.65. The first-order valence-electron chi connectivity index (χ1n) is 5.06. The second kappa shape index (κ2) is 4.45. The smallest absolute Gasteiger partial charge is 0.143 e. The van der Waals surface area contributed by atoms with Crippen LogP contribution in [0, 0.1) is 6.92 Å². The molecule has 0 bridgehead atoms. The molecule has 1 aromatic rings. The standard InChI is InChI=1S/C12H19N3/c1-9-6-5-7-10(8-9)11(15-13)14-12(2,3)4/h5-8H,13H2,1-4H3,(H,14,15). The van der Waals surface area contributed by atoms with Crippen molar-refractivity contribution in [3.63, 3.8) is 0 Å². The number of rotatable bonds is 1. The van der Waals surface area contributed by atoms with Gasteiger partial charge >= 0.3 is 0 Å². The highest BCUT2D eigenvalue weighted by molar-refractivity contribution is 5.98. The van der Waals surface area contributed by atoms with Crippen molar-refractivity contribution in [3.8, 4) is 0 Å². The molecule has 0 aliphatic rings. The van der Waals surface area contributed by atoms with Gasteiger partial charge in [0.25, 0.3) is 0 Å². The van der Waals surface area contributed by atoms with Crippen molar-refractivity contribution in [3.05, 3.63) is 35.4 Å². The Balaban J connectivity index is 3.08. The van der Waals surface area contributed by atoms with E-state index < -0.39 is 0 Å². The van der Waals surface area contributed by atoms with Gasteiger partial charge in [0, 0.05) is 5.56 Å². The number of benzene rings is 1. The Labute approximate surface area is 91.4 Å². The molecule has 1 aromatic carbocycles. The van der Waals surface area contributed by atoms with Crippen LogP contribution in [0.4, 0.5) is 0 Å². The lowest BCUT2D eigenvalue weighted by Crippen LogP contribution is -2.33. The van der Waals surface area contributed by atoms with Crippen LogP contribution in [0.25, 0.3) is 0 Å². The lowest BCUT2D eigenvalue weighted by atomic mass is 10.1.